The van der Waals surface area contributed by atoms with Crippen molar-refractivity contribution in [1.82, 2.24) is 0 Å². The normalized spacial score (nSPS) is 18.9. The molecule has 1 aliphatic carbocycles. The van der Waals surface area contributed by atoms with E-state index in [0.717, 1.165) is 44.9 Å². The van der Waals surface area contributed by atoms with Gasteiger partial charge in [0.1, 0.15) is 12.2 Å². The molecule has 0 aromatic rings. The summed E-state index contributed by atoms with van der Waals surface area (Å²) in [4.78, 5) is 12.2. The molecule has 0 saturated heterocycles. The number of halogens is 2. The molecule has 25 heavy (non-hydrogen) atoms. The van der Waals surface area contributed by atoms with E-state index in [2.05, 4.69) is 11.3 Å². The van der Waals surface area contributed by atoms with Crippen molar-refractivity contribution in [1.29, 1.82) is 0 Å². The van der Waals surface area contributed by atoms with Gasteiger partial charge in [-0.1, -0.05) is 32.8 Å². The Labute approximate surface area is 147 Å². The van der Waals surface area contributed by atoms with Crippen LogP contribution in [0.2, 0.25) is 0 Å². The first-order chi connectivity index (χ1) is 11.5. The minimum Gasteiger partial charge on any atom is -0.743 e. The summed E-state index contributed by atoms with van der Waals surface area (Å²) in [7, 11) is -5.82. The standard InChI is InChI=1S/C16H26F2O6S/c1-3-15(9-7-5-4-6-8-10-15)24-14(19)13(2)11-23-12-16(17,18)25(20,21)22/h2-12H2,1H3,(H,20,21,22)/p-1. The summed E-state index contributed by atoms with van der Waals surface area (Å²) < 4.78 is 67.1. The smallest absolute Gasteiger partial charge is 0.357 e. The number of ether oxygens (including phenoxy) is 2. The number of esters is 1. The molecular weight excluding hydrogens is 358 g/mol. The van der Waals surface area contributed by atoms with E-state index in [1.807, 2.05) is 6.92 Å². The molecule has 0 heterocycles. The maximum atomic E-state index is 13.0. The molecule has 0 N–H and O–H groups in total. The fraction of sp³-hybridized carbons (Fsp3) is 0.812. The average molecular weight is 383 g/mol. The van der Waals surface area contributed by atoms with E-state index in [-0.39, 0.29) is 5.57 Å². The van der Waals surface area contributed by atoms with E-state index in [1.54, 1.807) is 0 Å². The van der Waals surface area contributed by atoms with Crippen LogP contribution in [0.15, 0.2) is 12.2 Å². The molecule has 0 amide bonds. The average Bonchev–Trinajstić information content (AvgIpc) is 2.48. The molecule has 0 atom stereocenters. The highest BCUT2D eigenvalue weighted by molar-refractivity contribution is 7.86. The molecule has 1 aliphatic rings. The first-order valence-electron chi connectivity index (χ1n) is 8.35. The Morgan fingerprint density at radius 3 is 2.20 bits per heavy atom. The summed E-state index contributed by atoms with van der Waals surface area (Å²) in [5, 5.41) is -4.55. The minimum absolute atomic E-state index is 0.200. The number of hydrogen-bond donors (Lipinski definition) is 0. The molecule has 6 nitrogen and oxygen atoms in total. The molecule has 0 aliphatic heterocycles. The van der Waals surface area contributed by atoms with Crippen LogP contribution in [0.4, 0.5) is 8.78 Å². The molecule has 146 valence electrons. The Balaban J connectivity index is 2.56. The second-order valence-electron chi connectivity index (χ2n) is 6.38. The molecule has 0 radical (unpaired) electrons. The Kier molecular flexibility index (Phi) is 7.95. The SMILES string of the molecule is C=C(COCC(F)(F)S(=O)(=O)[O-])C(=O)OC1(CC)CCCCCCC1. The van der Waals surface area contributed by atoms with E-state index in [9.17, 15) is 26.5 Å². The van der Waals surface area contributed by atoms with Gasteiger partial charge in [-0.3, -0.25) is 0 Å². The largest absolute Gasteiger partial charge is 0.743 e. The van der Waals surface area contributed by atoms with Crippen molar-refractivity contribution in [2.24, 2.45) is 0 Å². The van der Waals surface area contributed by atoms with Crippen LogP contribution in [-0.2, 0) is 24.4 Å². The third kappa shape index (κ3) is 6.63. The van der Waals surface area contributed by atoms with Crippen LogP contribution in [0.1, 0.15) is 58.3 Å². The van der Waals surface area contributed by atoms with Gasteiger partial charge in [0.2, 0.25) is 0 Å². The van der Waals surface area contributed by atoms with Crippen molar-refractivity contribution >= 4 is 16.1 Å². The summed E-state index contributed by atoms with van der Waals surface area (Å²) in [6.07, 6.45) is 7.29. The molecule has 0 bridgehead atoms. The van der Waals surface area contributed by atoms with Gasteiger partial charge in [-0.05, 0) is 32.1 Å². The fourth-order valence-electron chi connectivity index (χ4n) is 2.77. The van der Waals surface area contributed by atoms with E-state index in [1.165, 1.54) is 0 Å². The zero-order valence-corrected chi connectivity index (χ0v) is 15.2. The maximum absolute atomic E-state index is 13.0. The first-order valence-corrected chi connectivity index (χ1v) is 9.76. The molecule has 0 unspecified atom stereocenters. The fourth-order valence-corrected chi connectivity index (χ4v) is 3.00. The van der Waals surface area contributed by atoms with E-state index >= 15 is 0 Å². The van der Waals surface area contributed by atoms with Gasteiger partial charge >= 0.3 is 11.2 Å². The van der Waals surface area contributed by atoms with Crippen molar-refractivity contribution in [2.75, 3.05) is 13.2 Å². The number of carbonyl (C=O) groups excluding carboxylic acids is 1. The molecule has 0 aromatic carbocycles. The van der Waals surface area contributed by atoms with Crippen LogP contribution in [0, 0.1) is 0 Å². The lowest BCUT2D eigenvalue weighted by Crippen LogP contribution is -2.37. The second-order valence-corrected chi connectivity index (χ2v) is 7.89. The van der Waals surface area contributed by atoms with Crippen LogP contribution < -0.4 is 0 Å². The summed E-state index contributed by atoms with van der Waals surface area (Å²) in [5.74, 6) is -0.754. The van der Waals surface area contributed by atoms with Gasteiger partial charge in [0.05, 0.1) is 12.2 Å². The van der Waals surface area contributed by atoms with Crippen molar-refractivity contribution in [2.45, 2.75) is 69.1 Å². The monoisotopic (exact) mass is 383 g/mol. The predicted molar refractivity (Wildman–Crippen MR) is 86.0 cm³/mol. The Morgan fingerprint density at radius 2 is 1.72 bits per heavy atom. The number of hydrogen-bond acceptors (Lipinski definition) is 6. The Hall–Kier alpha value is -1.06. The third-order valence-electron chi connectivity index (χ3n) is 4.42. The molecule has 1 saturated carbocycles. The summed E-state index contributed by atoms with van der Waals surface area (Å²) in [6.45, 7) is 3.09. The highest BCUT2D eigenvalue weighted by Crippen LogP contribution is 2.33. The Morgan fingerprint density at radius 1 is 1.20 bits per heavy atom. The van der Waals surface area contributed by atoms with E-state index in [4.69, 9.17) is 4.74 Å². The van der Waals surface area contributed by atoms with Gasteiger partial charge in [-0.15, -0.1) is 0 Å². The van der Waals surface area contributed by atoms with Gasteiger partial charge in [-0.2, -0.15) is 8.78 Å². The summed E-state index contributed by atoms with van der Waals surface area (Å²) >= 11 is 0. The maximum Gasteiger partial charge on any atom is 0.357 e. The molecular formula is C16H25F2O6S-. The first kappa shape index (κ1) is 22.0. The summed E-state index contributed by atoms with van der Waals surface area (Å²) in [5.41, 5.74) is -0.795. The number of rotatable bonds is 8. The van der Waals surface area contributed by atoms with Crippen LogP contribution >= 0.6 is 0 Å². The van der Waals surface area contributed by atoms with Gasteiger partial charge < -0.3 is 14.0 Å². The van der Waals surface area contributed by atoms with Crippen molar-refractivity contribution < 1.29 is 36.0 Å². The van der Waals surface area contributed by atoms with Crippen molar-refractivity contribution in [3.8, 4) is 0 Å². The molecule has 1 fully saturated rings. The van der Waals surface area contributed by atoms with Gasteiger partial charge in [0.15, 0.2) is 10.1 Å². The number of alkyl halides is 2. The third-order valence-corrected chi connectivity index (χ3v) is 5.27. The molecule has 9 heteroatoms. The van der Waals surface area contributed by atoms with E-state index in [0.29, 0.717) is 6.42 Å². The van der Waals surface area contributed by atoms with Gasteiger partial charge in [0, 0.05) is 0 Å². The van der Waals surface area contributed by atoms with E-state index < -0.39 is 40.2 Å². The molecule has 0 aromatic heterocycles. The highest BCUT2D eigenvalue weighted by atomic mass is 32.2. The lowest BCUT2D eigenvalue weighted by Gasteiger charge is -2.34. The predicted octanol–water partition coefficient (Wildman–Crippen LogP) is 3.13. The van der Waals surface area contributed by atoms with Crippen molar-refractivity contribution in [3.63, 3.8) is 0 Å². The highest BCUT2D eigenvalue weighted by Gasteiger charge is 2.38. The molecule has 1 rings (SSSR count). The zero-order chi connectivity index (χ0) is 19.1. The minimum atomic E-state index is -5.82. The number of carbonyl (C=O) groups is 1. The second kappa shape index (κ2) is 9.05. The zero-order valence-electron chi connectivity index (χ0n) is 14.4. The Bertz CT molecular complexity index is 565. The van der Waals surface area contributed by atoms with Gasteiger partial charge in [0.25, 0.3) is 0 Å². The van der Waals surface area contributed by atoms with Crippen LogP contribution in [0.5, 0.6) is 0 Å². The molecule has 0 spiro atoms. The topological polar surface area (TPSA) is 92.7 Å². The van der Waals surface area contributed by atoms with Crippen LogP contribution in [-0.4, -0.2) is 43.0 Å². The van der Waals surface area contributed by atoms with Crippen LogP contribution in [0.25, 0.3) is 0 Å². The quantitative estimate of drug-likeness (QED) is 0.363. The van der Waals surface area contributed by atoms with Crippen molar-refractivity contribution in [3.05, 3.63) is 12.2 Å². The van der Waals surface area contributed by atoms with Gasteiger partial charge in [-0.25, -0.2) is 13.2 Å². The van der Waals surface area contributed by atoms with Crippen LogP contribution in [0.3, 0.4) is 0 Å². The summed E-state index contributed by atoms with van der Waals surface area (Å²) in [6, 6.07) is 0. The lowest BCUT2D eigenvalue weighted by molar-refractivity contribution is -0.158. The lowest BCUT2D eigenvalue weighted by atomic mass is 9.85.